The van der Waals surface area contributed by atoms with Crippen LogP contribution in [0.4, 0.5) is 24.5 Å². The van der Waals surface area contributed by atoms with Gasteiger partial charge in [-0.3, -0.25) is 24.6 Å². The topological polar surface area (TPSA) is 87.0 Å². The molecule has 0 unspecified atom stereocenters. The first-order chi connectivity index (χ1) is 18.2. The predicted octanol–water partition coefficient (Wildman–Crippen LogP) is 5.58. The second-order valence-corrected chi connectivity index (χ2v) is 8.78. The molecule has 38 heavy (non-hydrogen) atoms. The quantitative estimate of drug-likeness (QED) is 0.430. The first kappa shape index (κ1) is 26.7. The Bertz CT molecular complexity index is 1360. The van der Waals surface area contributed by atoms with Crippen molar-refractivity contribution >= 4 is 36.1 Å². The van der Waals surface area contributed by atoms with Crippen molar-refractivity contribution in [3.05, 3.63) is 89.2 Å². The molecule has 1 aliphatic heterocycles. The molecule has 10 heteroatoms. The number of nitrogens with zero attached hydrogens (tertiary/aromatic N) is 4. The van der Waals surface area contributed by atoms with E-state index < -0.39 is 29.4 Å². The van der Waals surface area contributed by atoms with Crippen LogP contribution in [0.5, 0.6) is 0 Å². The van der Waals surface area contributed by atoms with Crippen molar-refractivity contribution in [2.24, 2.45) is 9.98 Å². The zero-order chi connectivity index (χ0) is 27.3. The Balaban J connectivity index is 1.59. The molecule has 2 atom stereocenters. The number of likely N-dealkylation sites (tertiary alicyclic amines) is 1. The van der Waals surface area contributed by atoms with Gasteiger partial charge < -0.3 is 10.2 Å². The van der Waals surface area contributed by atoms with Crippen molar-refractivity contribution in [2.75, 3.05) is 13.1 Å². The molecule has 1 N–H and O–H groups in total. The Morgan fingerprint density at radius 2 is 1.87 bits per heavy atom. The smallest absolute Gasteiger partial charge is 0.348 e. The summed E-state index contributed by atoms with van der Waals surface area (Å²) in [4.78, 5) is 39.7. The minimum absolute atomic E-state index is 0.223. The molecule has 2 aromatic carbocycles. The molecule has 0 bridgehead atoms. The summed E-state index contributed by atoms with van der Waals surface area (Å²) in [6.07, 6.45) is -1.79. The minimum Gasteiger partial charge on any atom is -0.348 e. The van der Waals surface area contributed by atoms with Crippen molar-refractivity contribution < 1.29 is 22.8 Å². The van der Waals surface area contributed by atoms with Gasteiger partial charge in [-0.25, -0.2) is 0 Å². The largest absolute Gasteiger partial charge is 0.434 e. The lowest BCUT2D eigenvalue weighted by atomic mass is 9.85. The van der Waals surface area contributed by atoms with Crippen LogP contribution in [0.1, 0.15) is 51.2 Å². The molecule has 4 rings (SSSR count). The number of hydrogen-bond donors (Lipinski definition) is 1. The molecule has 3 aromatic rings. The van der Waals surface area contributed by atoms with Gasteiger partial charge >= 0.3 is 6.18 Å². The lowest BCUT2D eigenvalue weighted by Gasteiger charge is -2.39. The molecular weight excluding hydrogens is 495 g/mol. The van der Waals surface area contributed by atoms with Gasteiger partial charge in [-0.2, -0.15) is 13.2 Å². The van der Waals surface area contributed by atoms with E-state index in [1.54, 1.807) is 36.2 Å². The number of rotatable bonds is 6. The number of pyridine rings is 1. The molecular formula is C28H26F3N5O2. The average Bonchev–Trinajstić information content (AvgIpc) is 2.93. The molecule has 2 heterocycles. The van der Waals surface area contributed by atoms with Gasteiger partial charge in [0.2, 0.25) is 0 Å². The zero-order valence-corrected chi connectivity index (χ0v) is 20.7. The normalized spacial score (nSPS) is 17.8. The summed E-state index contributed by atoms with van der Waals surface area (Å²) in [5, 5.41) is 2.78. The van der Waals surface area contributed by atoms with E-state index in [0.717, 1.165) is 17.8 Å². The highest BCUT2D eigenvalue weighted by atomic mass is 19.4. The van der Waals surface area contributed by atoms with Crippen molar-refractivity contribution in [1.82, 2.24) is 15.2 Å². The molecule has 0 radical (unpaired) electrons. The van der Waals surface area contributed by atoms with Crippen LogP contribution >= 0.6 is 0 Å². The predicted molar refractivity (Wildman–Crippen MR) is 140 cm³/mol. The van der Waals surface area contributed by atoms with E-state index in [1.165, 1.54) is 6.07 Å². The third-order valence-corrected chi connectivity index (χ3v) is 6.43. The number of halogens is 3. The number of hydrogen-bond acceptors (Lipinski definition) is 5. The van der Waals surface area contributed by atoms with Crippen LogP contribution in [0.25, 0.3) is 0 Å². The van der Waals surface area contributed by atoms with E-state index in [0.29, 0.717) is 29.9 Å². The fraction of sp³-hybridized carbons (Fsp3) is 0.250. The van der Waals surface area contributed by atoms with Crippen LogP contribution in [0, 0.1) is 0 Å². The highest BCUT2D eigenvalue weighted by molar-refractivity contribution is 5.97. The van der Waals surface area contributed by atoms with E-state index in [2.05, 4.69) is 27.0 Å². The summed E-state index contributed by atoms with van der Waals surface area (Å²) >= 11 is 0. The zero-order valence-electron chi connectivity index (χ0n) is 20.7. The number of piperidine rings is 1. The summed E-state index contributed by atoms with van der Waals surface area (Å²) in [5.41, 5.74) is 0.581. The molecule has 1 aromatic heterocycles. The SMILES string of the molecule is C=Nc1cc(C(=O)N2CC[C@@H](NC(=O)c3cccnc3C(F)(F)F)[C@@H](c3ccccc3)C2)ccc1/N=C\C. The monoisotopic (exact) mass is 521 g/mol. The summed E-state index contributed by atoms with van der Waals surface area (Å²) in [7, 11) is 0. The first-order valence-electron chi connectivity index (χ1n) is 12.0. The van der Waals surface area contributed by atoms with Gasteiger partial charge in [0.1, 0.15) is 0 Å². The Morgan fingerprint density at radius 1 is 1.11 bits per heavy atom. The van der Waals surface area contributed by atoms with Gasteiger partial charge in [-0.15, -0.1) is 0 Å². The third kappa shape index (κ3) is 5.80. The molecule has 1 saturated heterocycles. The molecule has 0 saturated carbocycles. The number of amides is 2. The van der Waals surface area contributed by atoms with Gasteiger partial charge in [0.05, 0.1) is 16.9 Å². The molecule has 0 spiro atoms. The standard InChI is InChI=1S/C28H26F3N5O2/c1-3-33-23-12-11-19(16-24(23)32-2)27(38)36-15-13-22(21(17-36)18-8-5-4-6-9-18)35-26(37)20-10-7-14-34-25(20)28(29,30)31/h3-12,14,16,21-22H,2,13,15,17H2,1H3,(H,35,37)/b33-3-/t21-,22-/m1/s1. The second-order valence-electron chi connectivity index (χ2n) is 8.78. The van der Waals surface area contributed by atoms with Crippen molar-refractivity contribution in [3.8, 4) is 0 Å². The molecule has 1 fully saturated rings. The van der Waals surface area contributed by atoms with Crippen molar-refractivity contribution in [2.45, 2.75) is 31.5 Å². The molecule has 0 aliphatic carbocycles. The Labute approximate surface area is 218 Å². The summed E-state index contributed by atoms with van der Waals surface area (Å²) in [6.45, 7) is 5.90. The fourth-order valence-electron chi connectivity index (χ4n) is 4.62. The van der Waals surface area contributed by atoms with E-state index >= 15 is 0 Å². The van der Waals surface area contributed by atoms with Gasteiger partial charge in [0.15, 0.2) is 5.69 Å². The second kappa shape index (κ2) is 11.4. The van der Waals surface area contributed by atoms with Crippen LogP contribution < -0.4 is 5.32 Å². The minimum atomic E-state index is -4.76. The molecule has 7 nitrogen and oxygen atoms in total. The number of alkyl halides is 3. The Kier molecular flexibility index (Phi) is 7.99. The van der Waals surface area contributed by atoms with E-state index in [4.69, 9.17) is 0 Å². The van der Waals surface area contributed by atoms with Gasteiger partial charge in [0.25, 0.3) is 11.8 Å². The summed E-state index contributed by atoms with van der Waals surface area (Å²) in [5.74, 6) is -1.42. The third-order valence-electron chi connectivity index (χ3n) is 6.43. The summed E-state index contributed by atoms with van der Waals surface area (Å²) < 4.78 is 40.3. The van der Waals surface area contributed by atoms with Crippen molar-refractivity contribution in [1.29, 1.82) is 0 Å². The number of aromatic nitrogens is 1. The number of benzene rings is 2. The summed E-state index contributed by atoms with van der Waals surface area (Å²) in [6, 6.07) is 16.2. The maximum atomic E-state index is 13.4. The number of carbonyl (C=O) groups is 2. The highest BCUT2D eigenvalue weighted by Gasteiger charge is 2.39. The number of carbonyl (C=O) groups excluding carboxylic acids is 2. The van der Waals surface area contributed by atoms with Crippen LogP contribution in [0.2, 0.25) is 0 Å². The lowest BCUT2D eigenvalue weighted by Crippen LogP contribution is -2.51. The first-order valence-corrected chi connectivity index (χ1v) is 12.0. The molecule has 2 amide bonds. The average molecular weight is 522 g/mol. The van der Waals surface area contributed by atoms with Gasteiger partial charge in [-0.05, 0) is 56.0 Å². The van der Waals surface area contributed by atoms with Crippen LogP contribution in [0.3, 0.4) is 0 Å². The van der Waals surface area contributed by atoms with Gasteiger partial charge in [0, 0.05) is 43.0 Å². The van der Waals surface area contributed by atoms with Crippen LogP contribution in [-0.4, -0.2) is 53.8 Å². The van der Waals surface area contributed by atoms with Gasteiger partial charge in [-0.1, -0.05) is 30.3 Å². The Morgan fingerprint density at radius 3 is 2.55 bits per heavy atom. The molecule has 196 valence electrons. The van der Waals surface area contributed by atoms with E-state index in [-0.39, 0.29) is 18.4 Å². The number of nitrogens with one attached hydrogen (secondary N) is 1. The maximum absolute atomic E-state index is 13.4. The fourth-order valence-corrected chi connectivity index (χ4v) is 4.62. The highest BCUT2D eigenvalue weighted by Crippen LogP contribution is 2.33. The molecule has 1 aliphatic rings. The Hall–Kier alpha value is -4.34. The van der Waals surface area contributed by atoms with E-state index in [9.17, 15) is 22.8 Å². The van der Waals surface area contributed by atoms with E-state index in [1.807, 2.05) is 30.3 Å². The number of aliphatic imine (C=N–C) groups is 2. The van der Waals surface area contributed by atoms with Crippen LogP contribution in [-0.2, 0) is 6.18 Å². The van der Waals surface area contributed by atoms with Crippen molar-refractivity contribution in [3.63, 3.8) is 0 Å². The lowest BCUT2D eigenvalue weighted by molar-refractivity contribution is -0.141. The maximum Gasteiger partial charge on any atom is 0.434 e. The van der Waals surface area contributed by atoms with Crippen LogP contribution in [0.15, 0.2) is 76.8 Å².